The molecule has 2 aromatic carbocycles. The molecule has 1 N–H and O–H groups in total. The van der Waals surface area contributed by atoms with Crippen LogP contribution in [0, 0.1) is 0 Å². The lowest BCUT2D eigenvalue weighted by Gasteiger charge is -2.33. The van der Waals surface area contributed by atoms with Crippen molar-refractivity contribution in [3.63, 3.8) is 0 Å². The zero-order valence-electron chi connectivity index (χ0n) is 25.5. The third kappa shape index (κ3) is 8.20. The van der Waals surface area contributed by atoms with Crippen LogP contribution in [0.5, 0.6) is 11.5 Å². The summed E-state index contributed by atoms with van der Waals surface area (Å²) in [6, 6.07) is 8.67. The summed E-state index contributed by atoms with van der Waals surface area (Å²) in [5.74, 6) is -1.22. The van der Waals surface area contributed by atoms with Gasteiger partial charge in [-0.3, -0.25) is 14.7 Å². The number of sulfone groups is 1. The van der Waals surface area contributed by atoms with Crippen molar-refractivity contribution in [1.82, 2.24) is 24.8 Å². The second kappa shape index (κ2) is 13.3. The molecule has 3 aromatic rings. The highest BCUT2D eigenvalue weighted by atomic mass is 32.2. The molecule has 1 unspecified atom stereocenters. The van der Waals surface area contributed by atoms with Crippen LogP contribution in [0.4, 0.5) is 13.2 Å². The van der Waals surface area contributed by atoms with Gasteiger partial charge >= 0.3 is 6.18 Å². The summed E-state index contributed by atoms with van der Waals surface area (Å²) in [5.41, 5.74) is -1.15. The Bertz CT molecular complexity index is 1570. The first-order chi connectivity index (χ1) is 21.2. The van der Waals surface area contributed by atoms with E-state index in [4.69, 9.17) is 14.0 Å². The summed E-state index contributed by atoms with van der Waals surface area (Å²) in [7, 11) is -4.04. The monoisotopic (exact) mass is 653 g/mol. The van der Waals surface area contributed by atoms with E-state index in [1.165, 1.54) is 37.3 Å². The van der Waals surface area contributed by atoms with E-state index in [0.717, 1.165) is 58.1 Å². The molecule has 3 heterocycles. The number of benzene rings is 2. The molecule has 0 radical (unpaired) electrons. The molecule has 0 spiro atoms. The average Bonchev–Trinajstić information content (AvgIpc) is 3.54. The van der Waals surface area contributed by atoms with Gasteiger partial charge in [-0.1, -0.05) is 17.3 Å². The lowest BCUT2D eigenvalue weighted by atomic mass is 10.1. The number of hydrogen-bond donors (Lipinski definition) is 1. The lowest BCUT2D eigenvalue weighted by Crippen LogP contribution is -2.46. The molecule has 2 saturated heterocycles. The smallest absolute Gasteiger partial charge is 0.420 e. The zero-order valence-corrected chi connectivity index (χ0v) is 26.3. The number of ether oxygens (including phenoxy) is 2. The standard InChI is InChI=1S/C30H38F3N5O6S/c1-21(39)18-45(40,41)26-7-5-4-6-25(26)43-24-9-8-22(16-23(24)30(31,32)33)28-34-27(44-35-28)17-37-19-29(2,3)38(20-37)11-10-36-12-14-42-15-13-36/h4-9,16,21,39H,10-15,17-20H2,1-3H3. The molecule has 246 valence electrons. The first-order valence-corrected chi connectivity index (χ1v) is 16.4. The highest BCUT2D eigenvalue weighted by Crippen LogP contribution is 2.41. The van der Waals surface area contributed by atoms with Crippen LogP contribution in [-0.2, 0) is 27.3 Å². The molecule has 11 nitrogen and oxygen atoms in total. The number of rotatable bonds is 11. The van der Waals surface area contributed by atoms with Crippen LogP contribution >= 0.6 is 0 Å². The van der Waals surface area contributed by atoms with E-state index < -0.39 is 39.2 Å². The van der Waals surface area contributed by atoms with Crippen molar-refractivity contribution in [1.29, 1.82) is 0 Å². The van der Waals surface area contributed by atoms with Crippen molar-refractivity contribution in [2.45, 2.75) is 50.0 Å². The molecule has 2 aliphatic rings. The summed E-state index contributed by atoms with van der Waals surface area (Å²) in [6.07, 6.45) is -6.01. The van der Waals surface area contributed by atoms with Gasteiger partial charge < -0.3 is 19.1 Å². The Morgan fingerprint density at radius 3 is 2.51 bits per heavy atom. The second-order valence-corrected chi connectivity index (χ2v) is 14.1. The Morgan fingerprint density at radius 2 is 1.80 bits per heavy atom. The minimum absolute atomic E-state index is 0.00964. The molecule has 1 atom stereocenters. The zero-order chi connectivity index (χ0) is 32.4. The van der Waals surface area contributed by atoms with Gasteiger partial charge in [0.2, 0.25) is 11.7 Å². The van der Waals surface area contributed by atoms with E-state index >= 15 is 0 Å². The van der Waals surface area contributed by atoms with Crippen LogP contribution in [-0.4, -0.2) is 108 Å². The van der Waals surface area contributed by atoms with Crippen LogP contribution in [0.15, 0.2) is 51.9 Å². The second-order valence-electron chi connectivity index (χ2n) is 12.1. The molecule has 1 aromatic heterocycles. The first kappa shape index (κ1) is 33.3. The Balaban J connectivity index is 1.30. The van der Waals surface area contributed by atoms with E-state index in [0.29, 0.717) is 13.2 Å². The van der Waals surface area contributed by atoms with Gasteiger partial charge in [-0.15, -0.1) is 0 Å². The number of nitrogens with zero attached hydrogens (tertiary/aromatic N) is 5. The molecule has 0 saturated carbocycles. The molecule has 0 amide bonds. The maximum absolute atomic E-state index is 14.2. The van der Waals surface area contributed by atoms with Gasteiger partial charge in [0.05, 0.1) is 43.8 Å². The predicted molar refractivity (Wildman–Crippen MR) is 158 cm³/mol. The largest absolute Gasteiger partial charge is 0.455 e. The number of alkyl halides is 3. The topological polar surface area (TPSA) is 121 Å². The predicted octanol–water partition coefficient (Wildman–Crippen LogP) is 3.89. The fraction of sp³-hybridized carbons (Fsp3) is 0.533. The SMILES string of the molecule is CC(O)CS(=O)(=O)c1ccccc1Oc1ccc(-c2noc(CN3CN(CCN4CCOCC4)C(C)(C)C3)n2)cc1C(F)(F)F. The number of halogens is 3. The highest BCUT2D eigenvalue weighted by Gasteiger charge is 2.38. The Morgan fingerprint density at radius 1 is 1.07 bits per heavy atom. The van der Waals surface area contributed by atoms with Crippen molar-refractivity contribution in [3.8, 4) is 22.9 Å². The number of aliphatic hydroxyl groups excluding tert-OH is 1. The number of hydrogen-bond acceptors (Lipinski definition) is 11. The highest BCUT2D eigenvalue weighted by molar-refractivity contribution is 7.91. The van der Waals surface area contributed by atoms with Crippen molar-refractivity contribution < 1.29 is 40.7 Å². The van der Waals surface area contributed by atoms with Crippen LogP contribution in [0.1, 0.15) is 32.2 Å². The van der Waals surface area contributed by atoms with Gasteiger partial charge in [0.25, 0.3) is 0 Å². The molecule has 0 aliphatic carbocycles. The Labute approximate surface area is 260 Å². The molecular weight excluding hydrogens is 615 g/mol. The van der Waals surface area contributed by atoms with Gasteiger partial charge in [0, 0.05) is 43.8 Å². The van der Waals surface area contributed by atoms with Crippen LogP contribution in [0.25, 0.3) is 11.4 Å². The quantitative estimate of drug-likeness (QED) is 0.325. The van der Waals surface area contributed by atoms with Gasteiger partial charge in [0.1, 0.15) is 16.4 Å². The summed E-state index contributed by atoms with van der Waals surface area (Å²) in [6.45, 7) is 12.6. The van der Waals surface area contributed by atoms with E-state index in [1.807, 2.05) is 0 Å². The lowest BCUT2D eigenvalue weighted by molar-refractivity contribution is -0.138. The van der Waals surface area contributed by atoms with Crippen LogP contribution in [0.2, 0.25) is 0 Å². The minimum Gasteiger partial charge on any atom is -0.455 e. The van der Waals surface area contributed by atoms with E-state index in [2.05, 4.69) is 38.7 Å². The summed E-state index contributed by atoms with van der Waals surface area (Å²) in [5, 5.41) is 13.5. The fourth-order valence-corrected chi connectivity index (χ4v) is 7.14. The fourth-order valence-electron chi connectivity index (χ4n) is 5.62. The van der Waals surface area contributed by atoms with E-state index in [-0.39, 0.29) is 33.5 Å². The minimum atomic E-state index is -4.84. The van der Waals surface area contributed by atoms with Crippen molar-refractivity contribution in [3.05, 3.63) is 53.9 Å². The molecule has 2 aliphatic heterocycles. The average molecular weight is 654 g/mol. The summed E-state index contributed by atoms with van der Waals surface area (Å²) in [4.78, 5) is 11.0. The summed E-state index contributed by atoms with van der Waals surface area (Å²) >= 11 is 0. The Hall–Kier alpha value is -3.08. The molecule has 15 heteroatoms. The number of para-hydroxylation sites is 1. The van der Waals surface area contributed by atoms with Crippen molar-refractivity contribution >= 4 is 9.84 Å². The normalized spacial score (nSPS) is 19.2. The van der Waals surface area contributed by atoms with Gasteiger partial charge in [-0.05, 0) is 51.1 Å². The van der Waals surface area contributed by atoms with Gasteiger partial charge in [0.15, 0.2) is 9.84 Å². The number of aliphatic hydroxyl groups is 1. The molecule has 2 fully saturated rings. The molecule has 5 rings (SSSR count). The van der Waals surface area contributed by atoms with Gasteiger partial charge in [-0.2, -0.15) is 18.2 Å². The number of aromatic nitrogens is 2. The summed E-state index contributed by atoms with van der Waals surface area (Å²) < 4.78 is 84.5. The van der Waals surface area contributed by atoms with Crippen molar-refractivity contribution in [2.75, 3.05) is 58.4 Å². The number of morpholine rings is 1. The maximum atomic E-state index is 14.2. The third-order valence-corrected chi connectivity index (χ3v) is 9.79. The Kier molecular flexibility index (Phi) is 9.87. The molecular formula is C30H38F3N5O6S. The van der Waals surface area contributed by atoms with Crippen LogP contribution in [0.3, 0.4) is 0 Å². The molecule has 0 bridgehead atoms. The molecule has 45 heavy (non-hydrogen) atoms. The van der Waals surface area contributed by atoms with Crippen LogP contribution < -0.4 is 4.74 Å². The van der Waals surface area contributed by atoms with Gasteiger partial charge in [-0.25, -0.2) is 8.42 Å². The first-order valence-electron chi connectivity index (χ1n) is 14.7. The van der Waals surface area contributed by atoms with E-state index in [9.17, 15) is 26.7 Å². The van der Waals surface area contributed by atoms with Crippen molar-refractivity contribution in [2.24, 2.45) is 0 Å². The van der Waals surface area contributed by atoms with E-state index in [1.54, 1.807) is 0 Å². The third-order valence-electron chi connectivity index (χ3n) is 7.86. The maximum Gasteiger partial charge on any atom is 0.420 e.